The molecule has 0 radical (unpaired) electrons. The van der Waals surface area contributed by atoms with Gasteiger partial charge in [0, 0.05) is 31.5 Å². The maximum absolute atomic E-state index is 4.50. The minimum Gasteiger partial charge on any atom is -0.362 e. The van der Waals surface area contributed by atoms with Crippen molar-refractivity contribution in [2.45, 2.75) is 19.5 Å². The standard InChI is InChI=1S/C16H19N3/c1-13(15-7-4-5-9-18-15)19-11-10-17-12-14-6-2-3-8-16(14)19/h2-9,13,17H,10-12H2,1H3. The first-order valence-electron chi connectivity index (χ1n) is 6.82. The lowest BCUT2D eigenvalue weighted by molar-refractivity contribution is 0.628. The van der Waals surface area contributed by atoms with Crippen molar-refractivity contribution in [1.82, 2.24) is 10.3 Å². The summed E-state index contributed by atoms with van der Waals surface area (Å²) in [6, 6.07) is 15.0. The van der Waals surface area contributed by atoms with E-state index < -0.39 is 0 Å². The lowest BCUT2D eigenvalue weighted by Gasteiger charge is -2.30. The predicted molar refractivity (Wildman–Crippen MR) is 78.1 cm³/mol. The highest BCUT2D eigenvalue weighted by atomic mass is 15.2. The van der Waals surface area contributed by atoms with Gasteiger partial charge < -0.3 is 10.2 Å². The number of hydrogen-bond acceptors (Lipinski definition) is 3. The summed E-state index contributed by atoms with van der Waals surface area (Å²) in [5, 5.41) is 3.48. The summed E-state index contributed by atoms with van der Waals surface area (Å²) >= 11 is 0. The topological polar surface area (TPSA) is 28.2 Å². The van der Waals surface area contributed by atoms with Gasteiger partial charge in [-0.1, -0.05) is 24.3 Å². The first kappa shape index (κ1) is 12.2. The van der Waals surface area contributed by atoms with Gasteiger partial charge in [-0.3, -0.25) is 4.98 Å². The van der Waals surface area contributed by atoms with E-state index in [1.165, 1.54) is 11.3 Å². The van der Waals surface area contributed by atoms with E-state index in [-0.39, 0.29) is 0 Å². The van der Waals surface area contributed by atoms with Gasteiger partial charge in [-0.05, 0) is 30.7 Å². The Labute approximate surface area is 114 Å². The molecule has 19 heavy (non-hydrogen) atoms. The Kier molecular flexibility index (Phi) is 3.47. The van der Waals surface area contributed by atoms with E-state index in [4.69, 9.17) is 0 Å². The van der Waals surface area contributed by atoms with E-state index in [1.807, 2.05) is 12.3 Å². The molecular weight excluding hydrogens is 234 g/mol. The molecule has 3 rings (SSSR count). The lowest BCUT2D eigenvalue weighted by atomic mass is 10.1. The predicted octanol–water partition coefficient (Wildman–Crippen LogP) is 2.75. The van der Waals surface area contributed by atoms with Gasteiger partial charge in [0.1, 0.15) is 0 Å². The Morgan fingerprint density at radius 2 is 2.00 bits per heavy atom. The number of benzene rings is 1. The smallest absolute Gasteiger partial charge is 0.0686 e. The molecule has 1 aromatic carbocycles. The Hall–Kier alpha value is -1.87. The molecule has 2 heterocycles. The molecule has 3 nitrogen and oxygen atoms in total. The molecule has 1 N–H and O–H groups in total. The van der Waals surface area contributed by atoms with Gasteiger partial charge in [-0.25, -0.2) is 0 Å². The molecule has 0 bridgehead atoms. The van der Waals surface area contributed by atoms with Crippen LogP contribution >= 0.6 is 0 Å². The van der Waals surface area contributed by atoms with Gasteiger partial charge in [0.2, 0.25) is 0 Å². The maximum atomic E-state index is 4.50. The number of rotatable bonds is 2. The molecule has 0 saturated heterocycles. The first-order valence-corrected chi connectivity index (χ1v) is 6.82. The average molecular weight is 253 g/mol. The van der Waals surface area contributed by atoms with Crippen molar-refractivity contribution in [2.24, 2.45) is 0 Å². The van der Waals surface area contributed by atoms with Crippen LogP contribution in [0.15, 0.2) is 48.7 Å². The van der Waals surface area contributed by atoms with Crippen molar-refractivity contribution < 1.29 is 0 Å². The van der Waals surface area contributed by atoms with E-state index in [9.17, 15) is 0 Å². The second-order valence-electron chi connectivity index (χ2n) is 4.93. The molecule has 3 heteroatoms. The number of anilines is 1. The molecule has 0 fully saturated rings. The number of aromatic nitrogens is 1. The second kappa shape index (κ2) is 5.41. The number of para-hydroxylation sites is 1. The average Bonchev–Trinajstić information content (AvgIpc) is 2.70. The van der Waals surface area contributed by atoms with Crippen molar-refractivity contribution in [2.75, 3.05) is 18.0 Å². The molecule has 1 atom stereocenters. The zero-order valence-electron chi connectivity index (χ0n) is 11.2. The summed E-state index contributed by atoms with van der Waals surface area (Å²) in [5.74, 6) is 0. The van der Waals surface area contributed by atoms with E-state index >= 15 is 0 Å². The Morgan fingerprint density at radius 1 is 1.16 bits per heavy atom. The summed E-state index contributed by atoms with van der Waals surface area (Å²) in [5.41, 5.74) is 3.81. The normalized spacial score (nSPS) is 16.6. The van der Waals surface area contributed by atoms with Crippen LogP contribution in [0.4, 0.5) is 5.69 Å². The Balaban J connectivity index is 1.96. The van der Waals surface area contributed by atoms with Gasteiger partial charge in [0.05, 0.1) is 11.7 Å². The van der Waals surface area contributed by atoms with Crippen LogP contribution in [0.2, 0.25) is 0 Å². The van der Waals surface area contributed by atoms with Crippen molar-refractivity contribution in [3.63, 3.8) is 0 Å². The lowest BCUT2D eigenvalue weighted by Crippen LogP contribution is -2.31. The molecule has 0 amide bonds. The SMILES string of the molecule is CC(c1ccccn1)N1CCNCc2ccccc21. The molecule has 1 unspecified atom stereocenters. The molecule has 2 aromatic rings. The molecule has 1 aromatic heterocycles. The fourth-order valence-electron chi connectivity index (χ4n) is 2.67. The number of nitrogens with one attached hydrogen (secondary N) is 1. The van der Waals surface area contributed by atoms with Crippen molar-refractivity contribution in [3.8, 4) is 0 Å². The molecule has 0 aliphatic carbocycles. The van der Waals surface area contributed by atoms with Crippen molar-refractivity contribution in [1.29, 1.82) is 0 Å². The Bertz CT molecular complexity index is 539. The summed E-state index contributed by atoms with van der Waals surface area (Å²) in [6.07, 6.45) is 1.87. The minimum absolute atomic E-state index is 0.294. The van der Waals surface area contributed by atoms with E-state index in [1.54, 1.807) is 0 Å². The first-order chi connectivity index (χ1) is 9.36. The van der Waals surface area contributed by atoms with Crippen molar-refractivity contribution in [3.05, 3.63) is 59.9 Å². The molecule has 0 saturated carbocycles. The summed E-state index contributed by atoms with van der Waals surface area (Å²) < 4.78 is 0. The van der Waals surface area contributed by atoms with Crippen LogP contribution in [0.1, 0.15) is 24.2 Å². The highest BCUT2D eigenvalue weighted by Crippen LogP contribution is 2.29. The molecule has 0 spiro atoms. The quantitative estimate of drug-likeness (QED) is 0.892. The third-order valence-corrected chi connectivity index (χ3v) is 3.73. The molecular formula is C16H19N3. The summed E-state index contributed by atoms with van der Waals surface area (Å²) in [4.78, 5) is 6.94. The van der Waals surface area contributed by atoms with E-state index in [0.717, 1.165) is 25.3 Å². The molecule has 98 valence electrons. The second-order valence-corrected chi connectivity index (χ2v) is 4.93. The Morgan fingerprint density at radius 3 is 2.84 bits per heavy atom. The van der Waals surface area contributed by atoms with E-state index in [0.29, 0.717) is 6.04 Å². The fraction of sp³-hybridized carbons (Fsp3) is 0.312. The summed E-state index contributed by atoms with van der Waals surface area (Å²) in [7, 11) is 0. The van der Waals surface area contributed by atoms with Crippen LogP contribution < -0.4 is 10.2 Å². The molecule has 1 aliphatic heterocycles. The van der Waals surface area contributed by atoms with Crippen LogP contribution in [-0.2, 0) is 6.54 Å². The minimum atomic E-state index is 0.294. The van der Waals surface area contributed by atoms with Crippen LogP contribution in [0.25, 0.3) is 0 Å². The third kappa shape index (κ3) is 2.47. The maximum Gasteiger partial charge on any atom is 0.0686 e. The molecule has 1 aliphatic rings. The number of hydrogen-bond donors (Lipinski definition) is 1. The third-order valence-electron chi connectivity index (χ3n) is 3.73. The zero-order chi connectivity index (χ0) is 13.1. The van der Waals surface area contributed by atoms with Crippen LogP contribution in [0.3, 0.4) is 0 Å². The highest BCUT2D eigenvalue weighted by molar-refractivity contribution is 5.55. The van der Waals surface area contributed by atoms with Crippen molar-refractivity contribution >= 4 is 5.69 Å². The van der Waals surface area contributed by atoms with E-state index in [2.05, 4.69) is 58.5 Å². The zero-order valence-corrected chi connectivity index (χ0v) is 11.2. The van der Waals surface area contributed by atoms with Gasteiger partial charge >= 0.3 is 0 Å². The van der Waals surface area contributed by atoms with Crippen LogP contribution in [0.5, 0.6) is 0 Å². The summed E-state index contributed by atoms with van der Waals surface area (Å²) in [6.45, 7) is 5.19. The largest absolute Gasteiger partial charge is 0.362 e. The van der Waals surface area contributed by atoms with Gasteiger partial charge in [-0.2, -0.15) is 0 Å². The van der Waals surface area contributed by atoms with Crippen LogP contribution in [0, 0.1) is 0 Å². The van der Waals surface area contributed by atoms with Gasteiger partial charge in [0.25, 0.3) is 0 Å². The number of nitrogens with zero attached hydrogens (tertiary/aromatic N) is 2. The number of pyridine rings is 1. The monoisotopic (exact) mass is 253 g/mol. The number of fused-ring (bicyclic) bond motifs is 1. The van der Waals surface area contributed by atoms with Gasteiger partial charge in [0.15, 0.2) is 0 Å². The van der Waals surface area contributed by atoms with Gasteiger partial charge in [-0.15, -0.1) is 0 Å². The fourth-order valence-corrected chi connectivity index (χ4v) is 2.67. The highest BCUT2D eigenvalue weighted by Gasteiger charge is 2.21. The van der Waals surface area contributed by atoms with Crippen LogP contribution in [-0.4, -0.2) is 18.1 Å².